The third-order valence-electron chi connectivity index (χ3n) is 3.38. The summed E-state index contributed by atoms with van der Waals surface area (Å²) in [5.41, 5.74) is -0.656. The van der Waals surface area contributed by atoms with Crippen molar-refractivity contribution in [2.45, 2.75) is 53.1 Å². The van der Waals surface area contributed by atoms with E-state index in [1.165, 1.54) is 0 Å². The smallest absolute Gasteiger partial charge is 0.417 e. The zero-order valence-electron chi connectivity index (χ0n) is 13.5. The summed E-state index contributed by atoms with van der Waals surface area (Å²) in [6.45, 7) is 9.48. The van der Waals surface area contributed by atoms with E-state index in [9.17, 15) is 14.4 Å². The van der Waals surface area contributed by atoms with Crippen LogP contribution >= 0.6 is 0 Å². The second kappa shape index (κ2) is 6.91. The highest BCUT2D eigenvalue weighted by atomic mass is 16.6. The average molecular weight is 299 g/mol. The molecule has 0 aliphatic carbocycles. The molecule has 6 nitrogen and oxygen atoms in total. The zero-order valence-corrected chi connectivity index (χ0v) is 13.5. The summed E-state index contributed by atoms with van der Waals surface area (Å²) in [6.07, 6.45) is 0.0237. The molecule has 0 aromatic rings. The maximum Gasteiger partial charge on any atom is 0.417 e. The lowest BCUT2D eigenvalue weighted by Crippen LogP contribution is -2.50. The van der Waals surface area contributed by atoms with Gasteiger partial charge in [0, 0.05) is 6.54 Å². The molecule has 1 rings (SSSR count). The van der Waals surface area contributed by atoms with Crippen LogP contribution in [0.1, 0.15) is 47.5 Å². The Morgan fingerprint density at radius 2 is 1.95 bits per heavy atom. The van der Waals surface area contributed by atoms with Crippen LogP contribution < -0.4 is 0 Å². The maximum atomic E-state index is 12.4. The van der Waals surface area contributed by atoms with Gasteiger partial charge in [0.05, 0.1) is 18.9 Å². The molecule has 1 fully saturated rings. The Bertz CT molecular complexity index is 413. The summed E-state index contributed by atoms with van der Waals surface area (Å²) >= 11 is 0. The first kappa shape index (κ1) is 17.5. The molecule has 0 bridgehead atoms. The van der Waals surface area contributed by atoms with Gasteiger partial charge in [-0.2, -0.15) is 0 Å². The summed E-state index contributed by atoms with van der Waals surface area (Å²) in [7, 11) is 0. The minimum absolute atomic E-state index is 0.00708. The highest BCUT2D eigenvalue weighted by molar-refractivity contribution is 5.95. The molecule has 0 radical (unpaired) electrons. The molecule has 6 heteroatoms. The summed E-state index contributed by atoms with van der Waals surface area (Å²) < 4.78 is 10.1. The van der Waals surface area contributed by atoms with Crippen molar-refractivity contribution in [1.82, 2.24) is 4.90 Å². The Hall–Kier alpha value is -1.59. The molecule has 21 heavy (non-hydrogen) atoms. The van der Waals surface area contributed by atoms with Crippen molar-refractivity contribution < 1.29 is 23.9 Å². The van der Waals surface area contributed by atoms with Gasteiger partial charge in [-0.1, -0.05) is 6.92 Å². The van der Waals surface area contributed by atoms with E-state index in [0.717, 1.165) is 4.90 Å². The Morgan fingerprint density at radius 3 is 2.48 bits per heavy atom. The van der Waals surface area contributed by atoms with Gasteiger partial charge in [-0.05, 0) is 40.0 Å². The van der Waals surface area contributed by atoms with E-state index >= 15 is 0 Å². The van der Waals surface area contributed by atoms with Crippen LogP contribution in [-0.4, -0.2) is 41.6 Å². The molecule has 2 amide bonds. The van der Waals surface area contributed by atoms with Gasteiger partial charge in [0.1, 0.15) is 5.60 Å². The molecule has 1 aliphatic rings. The molecule has 2 atom stereocenters. The number of nitrogens with zero attached hydrogens (tertiary/aromatic N) is 1. The van der Waals surface area contributed by atoms with Gasteiger partial charge in [0.2, 0.25) is 5.91 Å². The molecule has 1 saturated heterocycles. The van der Waals surface area contributed by atoms with Gasteiger partial charge in [0.25, 0.3) is 0 Å². The molecule has 0 aromatic heterocycles. The Kier molecular flexibility index (Phi) is 5.75. The number of imide groups is 1. The predicted octanol–water partition coefficient (Wildman–Crippen LogP) is 2.36. The van der Waals surface area contributed by atoms with Crippen molar-refractivity contribution in [2.24, 2.45) is 11.8 Å². The molecule has 0 spiro atoms. The second-order valence-electron chi connectivity index (χ2n) is 6.35. The van der Waals surface area contributed by atoms with Gasteiger partial charge in [-0.3, -0.25) is 9.59 Å². The third-order valence-corrected chi connectivity index (χ3v) is 3.38. The molecule has 1 aliphatic heterocycles. The van der Waals surface area contributed by atoms with E-state index in [0.29, 0.717) is 13.0 Å². The molecule has 0 aromatic carbocycles. The number of esters is 1. The fourth-order valence-electron chi connectivity index (χ4n) is 2.27. The number of hydrogen-bond acceptors (Lipinski definition) is 5. The van der Waals surface area contributed by atoms with Crippen LogP contribution in [-0.2, 0) is 19.1 Å². The first-order chi connectivity index (χ1) is 9.65. The van der Waals surface area contributed by atoms with Gasteiger partial charge in [-0.15, -0.1) is 0 Å². The van der Waals surface area contributed by atoms with Crippen LogP contribution in [0.15, 0.2) is 0 Å². The van der Waals surface area contributed by atoms with Gasteiger partial charge in [0.15, 0.2) is 0 Å². The van der Waals surface area contributed by atoms with Crippen molar-refractivity contribution in [3.63, 3.8) is 0 Å². The quantitative estimate of drug-likeness (QED) is 0.748. The number of carbonyl (C=O) groups excluding carboxylic acids is 3. The Labute approximate surface area is 125 Å². The SMILES string of the molecule is CCOC(=O)C[C@@H]1C(=O)N(C(=O)OC(C)(C)C)CC[C@H]1C. The topological polar surface area (TPSA) is 72.9 Å². The number of ether oxygens (including phenoxy) is 2. The number of piperidine rings is 1. The van der Waals surface area contributed by atoms with E-state index in [-0.39, 0.29) is 24.9 Å². The van der Waals surface area contributed by atoms with Crippen LogP contribution in [0.5, 0.6) is 0 Å². The average Bonchev–Trinajstić information content (AvgIpc) is 2.32. The van der Waals surface area contributed by atoms with Crippen LogP contribution in [0.3, 0.4) is 0 Å². The zero-order chi connectivity index (χ0) is 16.2. The lowest BCUT2D eigenvalue weighted by Gasteiger charge is -2.35. The van der Waals surface area contributed by atoms with Gasteiger partial charge in [-0.25, -0.2) is 9.69 Å². The lowest BCUT2D eigenvalue weighted by atomic mass is 9.84. The first-order valence-electron chi connectivity index (χ1n) is 7.35. The molecule has 0 unspecified atom stereocenters. The fourth-order valence-corrected chi connectivity index (χ4v) is 2.27. The summed E-state index contributed by atoms with van der Waals surface area (Å²) in [5.74, 6) is -1.24. The van der Waals surface area contributed by atoms with Gasteiger partial charge >= 0.3 is 12.1 Å². The monoisotopic (exact) mass is 299 g/mol. The van der Waals surface area contributed by atoms with Crippen LogP contribution in [0.2, 0.25) is 0 Å². The standard InChI is InChI=1S/C15H25NO5/c1-6-20-12(17)9-11-10(2)7-8-16(13(11)18)14(19)21-15(3,4)5/h10-11H,6-9H2,1-5H3/t10-,11+/m1/s1. The fraction of sp³-hybridized carbons (Fsp3) is 0.800. The van der Waals surface area contributed by atoms with Crippen molar-refractivity contribution in [2.75, 3.05) is 13.2 Å². The summed E-state index contributed by atoms with van der Waals surface area (Å²) in [6, 6.07) is 0. The molecule has 0 saturated carbocycles. The van der Waals surface area contributed by atoms with Crippen molar-refractivity contribution in [1.29, 1.82) is 0 Å². The summed E-state index contributed by atoms with van der Waals surface area (Å²) in [5, 5.41) is 0. The molecule has 1 heterocycles. The second-order valence-corrected chi connectivity index (χ2v) is 6.35. The molecular formula is C15H25NO5. The van der Waals surface area contributed by atoms with E-state index in [1.54, 1.807) is 27.7 Å². The number of amides is 2. The van der Waals surface area contributed by atoms with Crippen LogP contribution in [0, 0.1) is 11.8 Å². The van der Waals surface area contributed by atoms with E-state index < -0.39 is 23.6 Å². The molecule has 120 valence electrons. The normalized spacial score (nSPS) is 22.9. The molecular weight excluding hydrogens is 274 g/mol. The highest BCUT2D eigenvalue weighted by Gasteiger charge is 2.40. The summed E-state index contributed by atoms with van der Waals surface area (Å²) in [4.78, 5) is 37.2. The van der Waals surface area contributed by atoms with Crippen LogP contribution in [0.4, 0.5) is 4.79 Å². The van der Waals surface area contributed by atoms with E-state index in [4.69, 9.17) is 9.47 Å². The first-order valence-corrected chi connectivity index (χ1v) is 7.35. The van der Waals surface area contributed by atoms with Crippen molar-refractivity contribution >= 4 is 18.0 Å². The number of carbonyl (C=O) groups is 3. The van der Waals surface area contributed by atoms with Crippen LogP contribution in [0.25, 0.3) is 0 Å². The number of likely N-dealkylation sites (tertiary alicyclic amines) is 1. The Balaban J connectivity index is 2.75. The Morgan fingerprint density at radius 1 is 1.33 bits per heavy atom. The molecule has 0 N–H and O–H groups in total. The lowest BCUT2D eigenvalue weighted by molar-refractivity contribution is -0.151. The predicted molar refractivity (Wildman–Crippen MR) is 76.5 cm³/mol. The van der Waals surface area contributed by atoms with Gasteiger partial charge < -0.3 is 9.47 Å². The largest absolute Gasteiger partial charge is 0.466 e. The van der Waals surface area contributed by atoms with Crippen molar-refractivity contribution in [3.8, 4) is 0 Å². The van der Waals surface area contributed by atoms with E-state index in [1.807, 2.05) is 6.92 Å². The number of rotatable bonds is 3. The number of hydrogen-bond donors (Lipinski definition) is 0. The minimum Gasteiger partial charge on any atom is -0.466 e. The highest BCUT2D eigenvalue weighted by Crippen LogP contribution is 2.28. The van der Waals surface area contributed by atoms with Crippen molar-refractivity contribution in [3.05, 3.63) is 0 Å². The maximum absolute atomic E-state index is 12.4. The third kappa shape index (κ3) is 5.02. The minimum atomic E-state index is -0.656. The van der Waals surface area contributed by atoms with E-state index in [2.05, 4.69) is 0 Å².